The Hall–Kier alpha value is -0.275. The highest BCUT2D eigenvalue weighted by Crippen LogP contribution is 2.37. The van der Waals surface area contributed by atoms with Gasteiger partial charge in [0.15, 0.2) is 0 Å². The summed E-state index contributed by atoms with van der Waals surface area (Å²) in [5.74, 6) is 0.281. The van der Waals surface area contributed by atoms with Crippen LogP contribution in [0.4, 0.5) is 0 Å². The molecule has 1 rings (SSSR count). The Labute approximate surface area is 94.2 Å². The van der Waals surface area contributed by atoms with E-state index in [2.05, 4.69) is 41.2 Å². The Bertz CT molecular complexity index is 220. The molecule has 86 valence electrons. The van der Waals surface area contributed by atoms with Gasteiger partial charge in [-0.05, 0) is 27.7 Å². The zero-order chi connectivity index (χ0) is 11.7. The van der Waals surface area contributed by atoms with Crippen LogP contribution in [0.15, 0.2) is 12.7 Å². The van der Waals surface area contributed by atoms with Crippen molar-refractivity contribution in [2.24, 2.45) is 0 Å². The van der Waals surface area contributed by atoms with Gasteiger partial charge in [-0.3, -0.25) is 0 Å². The molecule has 0 radical (unpaired) electrons. The molecule has 0 spiro atoms. The molecule has 2 nitrogen and oxygen atoms in total. The fourth-order valence-electron chi connectivity index (χ4n) is 2.41. The molecular weight excluding hydrogens is 187 g/mol. The molecule has 0 aromatic rings. The molecule has 15 heavy (non-hydrogen) atoms. The largest absolute Gasteiger partial charge is 0.464 e. The van der Waals surface area contributed by atoms with Crippen molar-refractivity contribution < 1.29 is 9.31 Å². The van der Waals surface area contributed by atoms with Gasteiger partial charge in [0, 0.05) is 12.2 Å². The van der Waals surface area contributed by atoms with Gasteiger partial charge in [0.1, 0.15) is 0 Å². The lowest BCUT2D eigenvalue weighted by molar-refractivity contribution is -0.0788. The van der Waals surface area contributed by atoms with Crippen molar-refractivity contribution in [3.05, 3.63) is 12.7 Å². The lowest BCUT2D eigenvalue weighted by Gasteiger charge is -2.45. The van der Waals surface area contributed by atoms with Crippen LogP contribution in [0.2, 0.25) is 5.82 Å². The molecule has 1 heterocycles. The first-order chi connectivity index (χ1) is 6.79. The second-order valence-corrected chi connectivity index (χ2v) is 5.61. The summed E-state index contributed by atoms with van der Waals surface area (Å²) in [5, 5.41) is 0. The van der Waals surface area contributed by atoms with E-state index in [-0.39, 0.29) is 24.1 Å². The number of hydrogen-bond acceptors (Lipinski definition) is 2. The Kier molecular flexibility index (Phi) is 3.67. The van der Waals surface area contributed by atoms with Crippen LogP contribution in [-0.4, -0.2) is 18.3 Å². The molecule has 0 bridgehead atoms. The van der Waals surface area contributed by atoms with Crippen molar-refractivity contribution in [1.82, 2.24) is 0 Å². The monoisotopic (exact) mass is 210 g/mol. The molecule has 0 saturated carbocycles. The average Bonchev–Trinajstić information content (AvgIpc) is 2.00. The first kappa shape index (κ1) is 12.8. The van der Waals surface area contributed by atoms with Gasteiger partial charge < -0.3 is 9.31 Å². The third kappa shape index (κ3) is 3.35. The summed E-state index contributed by atoms with van der Waals surface area (Å²) < 4.78 is 11.9. The summed E-state index contributed by atoms with van der Waals surface area (Å²) in [4.78, 5) is 0. The van der Waals surface area contributed by atoms with E-state index in [9.17, 15) is 0 Å². The molecule has 1 atom stereocenters. The van der Waals surface area contributed by atoms with Crippen LogP contribution in [-0.2, 0) is 9.31 Å². The average molecular weight is 210 g/mol. The molecule has 0 aromatic carbocycles. The van der Waals surface area contributed by atoms with E-state index in [0.29, 0.717) is 0 Å². The Morgan fingerprint density at radius 1 is 1.27 bits per heavy atom. The normalized spacial score (nSPS) is 26.1. The molecule has 0 aliphatic carbocycles. The van der Waals surface area contributed by atoms with Crippen LogP contribution in [0.3, 0.4) is 0 Å². The number of hydrogen-bond donors (Lipinski definition) is 0. The molecule has 1 aliphatic heterocycles. The molecule has 1 aliphatic rings. The maximum absolute atomic E-state index is 5.96. The molecule has 0 N–H and O–H groups in total. The van der Waals surface area contributed by atoms with Crippen LogP contribution in [0.25, 0.3) is 0 Å². The minimum Gasteiger partial charge on any atom is -0.406 e. The van der Waals surface area contributed by atoms with Crippen LogP contribution in [0.1, 0.15) is 47.5 Å². The van der Waals surface area contributed by atoms with E-state index in [0.717, 1.165) is 12.8 Å². The molecule has 3 heteroatoms. The second kappa shape index (κ2) is 4.30. The molecule has 1 saturated heterocycles. The van der Waals surface area contributed by atoms with E-state index < -0.39 is 0 Å². The lowest BCUT2D eigenvalue weighted by Crippen LogP contribution is -2.52. The van der Waals surface area contributed by atoms with Gasteiger partial charge in [0.2, 0.25) is 0 Å². The molecule has 1 fully saturated rings. The van der Waals surface area contributed by atoms with Crippen molar-refractivity contribution in [2.75, 3.05) is 0 Å². The molecular formula is C12H23BO2. The van der Waals surface area contributed by atoms with Gasteiger partial charge in [-0.2, -0.15) is 0 Å². The predicted molar refractivity (Wildman–Crippen MR) is 64.9 cm³/mol. The van der Waals surface area contributed by atoms with Crippen molar-refractivity contribution in [3.63, 3.8) is 0 Å². The van der Waals surface area contributed by atoms with Crippen molar-refractivity contribution in [1.29, 1.82) is 0 Å². The summed E-state index contributed by atoms with van der Waals surface area (Å²) in [7, 11) is -0.147. The van der Waals surface area contributed by atoms with Gasteiger partial charge in [0.25, 0.3) is 0 Å². The highest BCUT2D eigenvalue weighted by Gasteiger charge is 2.45. The van der Waals surface area contributed by atoms with Crippen LogP contribution < -0.4 is 0 Å². The molecule has 0 amide bonds. The minimum absolute atomic E-state index is 0.108. The zero-order valence-corrected chi connectivity index (χ0v) is 10.7. The standard InChI is InChI=1S/C12H23BO2/c1-7-10(8-2)13-14-11(3,4)9-12(5,6)15-13/h7,10H,1,8-9H2,2-6H3/t10-/m1/s1. The first-order valence-electron chi connectivity index (χ1n) is 5.78. The summed E-state index contributed by atoms with van der Waals surface area (Å²) >= 11 is 0. The SMILES string of the molecule is C=C[C@H](CC)B1OC(C)(C)CC(C)(C)O1. The van der Waals surface area contributed by atoms with Crippen molar-refractivity contribution >= 4 is 7.12 Å². The fourth-order valence-corrected chi connectivity index (χ4v) is 2.41. The smallest absolute Gasteiger partial charge is 0.406 e. The Morgan fingerprint density at radius 3 is 2.07 bits per heavy atom. The third-order valence-corrected chi connectivity index (χ3v) is 2.85. The summed E-state index contributed by atoms with van der Waals surface area (Å²) in [5.41, 5.74) is -0.217. The predicted octanol–water partition coefficient (Wildman–Crippen LogP) is 3.43. The number of rotatable bonds is 3. The molecule has 0 aromatic heterocycles. The Morgan fingerprint density at radius 2 is 1.73 bits per heavy atom. The summed E-state index contributed by atoms with van der Waals surface area (Å²) in [6.07, 6.45) is 3.85. The maximum Gasteiger partial charge on any atom is 0.464 e. The van der Waals surface area contributed by atoms with E-state index >= 15 is 0 Å². The van der Waals surface area contributed by atoms with Crippen LogP contribution >= 0.6 is 0 Å². The van der Waals surface area contributed by atoms with E-state index in [1.54, 1.807) is 0 Å². The first-order valence-corrected chi connectivity index (χ1v) is 5.78. The maximum atomic E-state index is 5.96. The fraction of sp³-hybridized carbons (Fsp3) is 0.833. The van der Waals surface area contributed by atoms with E-state index in [1.165, 1.54) is 0 Å². The van der Waals surface area contributed by atoms with Crippen LogP contribution in [0, 0.1) is 0 Å². The van der Waals surface area contributed by atoms with Crippen LogP contribution in [0.5, 0.6) is 0 Å². The van der Waals surface area contributed by atoms with Gasteiger partial charge in [-0.1, -0.05) is 19.4 Å². The third-order valence-electron chi connectivity index (χ3n) is 2.85. The lowest BCUT2D eigenvalue weighted by atomic mass is 9.66. The minimum atomic E-state index is -0.147. The highest BCUT2D eigenvalue weighted by molar-refractivity contribution is 6.47. The highest BCUT2D eigenvalue weighted by atomic mass is 16.6. The van der Waals surface area contributed by atoms with Crippen molar-refractivity contribution in [3.8, 4) is 0 Å². The van der Waals surface area contributed by atoms with Gasteiger partial charge in [0.05, 0.1) is 11.2 Å². The second-order valence-electron chi connectivity index (χ2n) is 5.61. The van der Waals surface area contributed by atoms with Gasteiger partial charge in [-0.25, -0.2) is 0 Å². The summed E-state index contributed by atoms with van der Waals surface area (Å²) in [6.45, 7) is 14.5. The van der Waals surface area contributed by atoms with E-state index in [1.807, 2.05) is 6.08 Å². The van der Waals surface area contributed by atoms with Gasteiger partial charge >= 0.3 is 7.12 Å². The topological polar surface area (TPSA) is 18.5 Å². The van der Waals surface area contributed by atoms with Crippen molar-refractivity contribution in [2.45, 2.75) is 64.5 Å². The van der Waals surface area contributed by atoms with Gasteiger partial charge in [-0.15, -0.1) is 6.58 Å². The quantitative estimate of drug-likeness (QED) is 0.524. The van der Waals surface area contributed by atoms with E-state index in [4.69, 9.17) is 9.31 Å². The Balaban J connectivity index is 2.78. The summed E-state index contributed by atoms with van der Waals surface area (Å²) in [6, 6.07) is 0. The molecule has 0 unspecified atom stereocenters. The number of allylic oxidation sites excluding steroid dienone is 1. The zero-order valence-electron chi connectivity index (χ0n) is 10.7.